The third-order valence-electron chi connectivity index (χ3n) is 2.05. The average molecular weight is 208 g/mol. The predicted molar refractivity (Wildman–Crippen MR) is 56.8 cm³/mol. The largest absolute Gasteiger partial charge is 0.462 e. The predicted octanol–water partition coefficient (Wildman–Crippen LogP) is 1.83. The molecule has 1 aliphatic heterocycles. The normalized spacial score (nSPS) is 13.5. The summed E-state index contributed by atoms with van der Waals surface area (Å²) in [6.45, 7) is 8.06. The second-order valence-electron chi connectivity index (χ2n) is 3.06. The number of esters is 1. The van der Waals surface area contributed by atoms with Crippen molar-refractivity contribution < 1.29 is 9.53 Å². The first kappa shape index (κ1) is 11.6. The van der Waals surface area contributed by atoms with Crippen LogP contribution in [-0.4, -0.2) is 22.5 Å². The molecule has 0 N–H and O–H groups in total. The number of fused-ring (bicyclic) bond motifs is 1. The summed E-state index contributed by atoms with van der Waals surface area (Å²) < 4.78 is 4.91. The van der Waals surface area contributed by atoms with Crippen molar-refractivity contribution in [3.8, 4) is 0 Å². The van der Waals surface area contributed by atoms with Crippen LogP contribution in [0.5, 0.6) is 0 Å². The average Bonchev–Trinajstić information content (AvgIpc) is 2.19. The molecule has 0 atom stereocenters. The number of carbonyl (C=O) groups is 1. The Bertz CT molecular complexity index is 375. The molecule has 82 valence electrons. The fourth-order valence-electron chi connectivity index (χ4n) is 1.54. The molecule has 0 amide bonds. The van der Waals surface area contributed by atoms with E-state index in [1.165, 1.54) is 0 Å². The van der Waals surface area contributed by atoms with Gasteiger partial charge in [-0.3, -0.25) is 0 Å². The van der Waals surface area contributed by atoms with Crippen LogP contribution in [0.3, 0.4) is 0 Å². The number of carbonyl (C=O) groups excluding carboxylic acids is 1. The van der Waals surface area contributed by atoms with Crippen molar-refractivity contribution in [3.63, 3.8) is 0 Å². The summed E-state index contributed by atoms with van der Waals surface area (Å²) in [5.41, 5.74) is 2.09. The van der Waals surface area contributed by atoms with Gasteiger partial charge in [0.2, 0.25) is 0 Å². The summed E-state index contributed by atoms with van der Waals surface area (Å²) in [5, 5.41) is 0. The second kappa shape index (κ2) is 4.87. The van der Waals surface area contributed by atoms with Crippen molar-refractivity contribution in [1.82, 2.24) is 9.97 Å². The van der Waals surface area contributed by atoms with E-state index < -0.39 is 0 Å². The molecule has 1 aromatic rings. The maximum absolute atomic E-state index is 11.3. The zero-order chi connectivity index (χ0) is 11.4. The molecule has 0 saturated heterocycles. The van der Waals surface area contributed by atoms with Gasteiger partial charge in [0, 0.05) is 6.42 Å². The Kier molecular flexibility index (Phi) is 3.77. The number of aromatic nitrogens is 2. The molecule has 1 aromatic heterocycles. The Balaban J connectivity index is 0.000000531. The highest BCUT2D eigenvalue weighted by atomic mass is 16.5. The first-order chi connectivity index (χ1) is 7.18. The lowest BCUT2D eigenvalue weighted by Gasteiger charge is -2.16. The van der Waals surface area contributed by atoms with Crippen LogP contribution in [0, 0.1) is 13.8 Å². The number of nitrogens with zero attached hydrogens (tertiary/aromatic N) is 2. The Morgan fingerprint density at radius 1 is 1.20 bits per heavy atom. The van der Waals surface area contributed by atoms with Gasteiger partial charge in [0.15, 0.2) is 0 Å². The van der Waals surface area contributed by atoms with Crippen LogP contribution in [0.1, 0.15) is 41.4 Å². The van der Waals surface area contributed by atoms with E-state index in [9.17, 15) is 4.79 Å². The zero-order valence-electron chi connectivity index (χ0n) is 9.63. The van der Waals surface area contributed by atoms with Crippen molar-refractivity contribution in [2.45, 2.75) is 34.1 Å². The van der Waals surface area contributed by atoms with Crippen LogP contribution < -0.4 is 0 Å². The molecule has 0 saturated carbocycles. The van der Waals surface area contributed by atoms with E-state index in [1.807, 2.05) is 20.8 Å². The van der Waals surface area contributed by atoms with Crippen molar-refractivity contribution in [1.29, 1.82) is 0 Å². The number of ether oxygens (including phenoxy) is 1. The highest BCUT2D eigenvalue weighted by Crippen LogP contribution is 2.17. The number of hydrogen-bond donors (Lipinski definition) is 0. The molecule has 0 aliphatic carbocycles. The minimum absolute atomic E-state index is 0.293. The lowest BCUT2D eigenvalue weighted by atomic mass is 10.1. The topological polar surface area (TPSA) is 52.1 Å². The molecule has 4 nitrogen and oxygen atoms in total. The molecule has 0 radical (unpaired) electrons. The lowest BCUT2D eigenvalue weighted by Crippen LogP contribution is -2.21. The molecule has 0 unspecified atom stereocenters. The summed E-state index contributed by atoms with van der Waals surface area (Å²) in [5.74, 6) is 0.421. The molecule has 0 aromatic carbocycles. The van der Waals surface area contributed by atoms with E-state index >= 15 is 0 Å². The fraction of sp³-hybridized carbons (Fsp3) is 0.545. The van der Waals surface area contributed by atoms with E-state index in [2.05, 4.69) is 9.97 Å². The Morgan fingerprint density at radius 3 is 2.53 bits per heavy atom. The van der Waals surface area contributed by atoms with Crippen LogP contribution in [-0.2, 0) is 11.2 Å². The van der Waals surface area contributed by atoms with E-state index in [0.29, 0.717) is 30.1 Å². The highest BCUT2D eigenvalue weighted by Gasteiger charge is 2.22. The summed E-state index contributed by atoms with van der Waals surface area (Å²) >= 11 is 0. The standard InChI is InChI=1S/C9H10N2O2.C2H6/c1-5-8-7(11-6(2)10-5)3-4-13-9(8)12;1-2/h3-4H2,1-2H3;1-2H3. The van der Waals surface area contributed by atoms with Crippen LogP contribution in [0.15, 0.2) is 0 Å². The van der Waals surface area contributed by atoms with Crippen molar-refractivity contribution in [3.05, 3.63) is 22.8 Å². The van der Waals surface area contributed by atoms with Gasteiger partial charge in [-0.2, -0.15) is 0 Å². The van der Waals surface area contributed by atoms with Crippen LogP contribution >= 0.6 is 0 Å². The van der Waals surface area contributed by atoms with Gasteiger partial charge in [-0.05, 0) is 13.8 Å². The van der Waals surface area contributed by atoms with E-state index in [1.54, 1.807) is 6.92 Å². The van der Waals surface area contributed by atoms with Gasteiger partial charge in [-0.25, -0.2) is 14.8 Å². The van der Waals surface area contributed by atoms with Gasteiger partial charge >= 0.3 is 5.97 Å². The molecular weight excluding hydrogens is 192 g/mol. The van der Waals surface area contributed by atoms with Crippen LogP contribution in [0.25, 0.3) is 0 Å². The molecule has 1 aliphatic rings. The Morgan fingerprint density at radius 2 is 1.87 bits per heavy atom. The number of cyclic esters (lactones) is 1. The lowest BCUT2D eigenvalue weighted by molar-refractivity contribution is 0.0475. The third-order valence-corrected chi connectivity index (χ3v) is 2.05. The first-order valence-corrected chi connectivity index (χ1v) is 5.19. The molecular formula is C11H16N2O2. The number of hydrogen-bond acceptors (Lipinski definition) is 4. The molecule has 2 heterocycles. The SMILES string of the molecule is CC.Cc1nc(C)c2c(n1)CCOC2=O. The maximum atomic E-state index is 11.3. The summed E-state index contributed by atoms with van der Waals surface area (Å²) in [7, 11) is 0. The molecule has 0 bridgehead atoms. The van der Waals surface area contributed by atoms with Gasteiger partial charge in [0.25, 0.3) is 0 Å². The molecule has 0 spiro atoms. The van der Waals surface area contributed by atoms with Gasteiger partial charge in [0.1, 0.15) is 11.4 Å². The quantitative estimate of drug-likeness (QED) is 0.610. The number of aryl methyl sites for hydroxylation is 2. The monoisotopic (exact) mass is 208 g/mol. The van der Waals surface area contributed by atoms with Crippen molar-refractivity contribution in [2.75, 3.05) is 6.61 Å². The molecule has 2 rings (SSSR count). The van der Waals surface area contributed by atoms with E-state index in [-0.39, 0.29) is 5.97 Å². The van der Waals surface area contributed by atoms with Crippen molar-refractivity contribution in [2.24, 2.45) is 0 Å². The Labute approximate surface area is 89.7 Å². The summed E-state index contributed by atoms with van der Waals surface area (Å²) in [6.07, 6.45) is 0.700. The smallest absolute Gasteiger partial charge is 0.341 e. The summed E-state index contributed by atoms with van der Waals surface area (Å²) in [4.78, 5) is 19.7. The minimum atomic E-state index is -0.293. The van der Waals surface area contributed by atoms with Crippen molar-refractivity contribution >= 4 is 5.97 Å². The Hall–Kier alpha value is -1.45. The third kappa shape index (κ3) is 2.32. The molecule has 15 heavy (non-hydrogen) atoms. The van der Waals surface area contributed by atoms with Gasteiger partial charge < -0.3 is 4.74 Å². The zero-order valence-corrected chi connectivity index (χ0v) is 9.63. The molecule has 4 heteroatoms. The second-order valence-corrected chi connectivity index (χ2v) is 3.06. The maximum Gasteiger partial charge on any atom is 0.341 e. The fourth-order valence-corrected chi connectivity index (χ4v) is 1.54. The van der Waals surface area contributed by atoms with E-state index in [4.69, 9.17) is 4.74 Å². The van der Waals surface area contributed by atoms with Gasteiger partial charge in [0.05, 0.1) is 18.0 Å². The van der Waals surface area contributed by atoms with Crippen LogP contribution in [0.2, 0.25) is 0 Å². The van der Waals surface area contributed by atoms with E-state index in [0.717, 1.165) is 5.69 Å². The molecule has 0 fully saturated rings. The number of rotatable bonds is 0. The first-order valence-electron chi connectivity index (χ1n) is 5.19. The van der Waals surface area contributed by atoms with Crippen LogP contribution in [0.4, 0.5) is 0 Å². The van der Waals surface area contributed by atoms with Gasteiger partial charge in [-0.1, -0.05) is 13.8 Å². The highest BCUT2D eigenvalue weighted by molar-refractivity contribution is 5.92. The van der Waals surface area contributed by atoms with Gasteiger partial charge in [-0.15, -0.1) is 0 Å². The minimum Gasteiger partial charge on any atom is -0.462 e. The summed E-state index contributed by atoms with van der Waals surface area (Å²) in [6, 6.07) is 0.